The second-order valence-electron chi connectivity index (χ2n) is 7.26. The monoisotopic (exact) mass is 550 g/mol. The lowest BCUT2D eigenvalue weighted by atomic mass is 10.1. The second kappa shape index (κ2) is 8.76. The highest BCUT2D eigenvalue weighted by molar-refractivity contribution is 14.1. The van der Waals surface area contributed by atoms with E-state index in [-0.39, 0.29) is 5.91 Å². The number of rotatable bonds is 4. The number of pyridine rings is 1. The Hall–Kier alpha value is -3.16. The standard InChI is InChI=1S/C26H16ClIN2O2/c27-19-7-9-23-24(14-19)29-11-10-25(23)32-22-8-6-16-12-18(5-4-17(16)13-22)26(31)30-21-3-1-2-20(28)15-21/h1-15H,(H,30,31). The van der Waals surface area contributed by atoms with E-state index in [1.165, 1.54) is 0 Å². The summed E-state index contributed by atoms with van der Waals surface area (Å²) in [5.74, 6) is 1.27. The minimum Gasteiger partial charge on any atom is -0.457 e. The molecule has 1 amide bonds. The van der Waals surface area contributed by atoms with Crippen LogP contribution in [0.15, 0.2) is 91.1 Å². The van der Waals surface area contributed by atoms with E-state index < -0.39 is 0 Å². The molecule has 0 saturated heterocycles. The summed E-state index contributed by atoms with van der Waals surface area (Å²) in [6.45, 7) is 0. The summed E-state index contributed by atoms with van der Waals surface area (Å²) in [4.78, 5) is 17.0. The average Bonchev–Trinajstić information content (AvgIpc) is 2.78. The molecule has 32 heavy (non-hydrogen) atoms. The van der Waals surface area contributed by atoms with Crippen LogP contribution in [0.5, 0.6) is 11.5 Å². The third-order valence-electron chi connectivity index (χ3n) is 5.05. The zero-order valence-corrected chi connectivity index (χ0v) is 19.6. The molecule has 0 saturated carbocycles. The normalized spacial score (nSPS) is 10.9. The Morgan fingerprint density at radius 1 is 0.906 bits per heavy atom. The molecule has 156 valence electrons. The molecule has 0 fully saturated rings. The summed E-state index contributed by atoms with van der Waals surface area (Å²) < 4.78 is 7.21. The van der Waals surface area contributed by atoms with E-state index in [2.05, 4.69) is 32.9 Å². The van der Waals surface area contributed by atoms with Gasteiger partial charge in [-0.05, 0) is 100 Å². The molecule has 1 aromatic heterocycles. The van der Waals surface area contributed by atoms with Gasteiger partial charge >= 0.3 is 0 Å². The maximum atomic E-state index is 12.7. The zero-order valence-electron chi connectivity index (χ0n) is 16.7. The van der Waals surface area contributed by atoms with Crippen molar-refractivity contribution in [3.63, 3.8) is 0 Å². The average molecular weight is 551 g/mol. The number of carbonyl (C=O) groups excluding carboxylic acids is 1. The van der Waals surface area contributed by atoms with Crippen molar-refractivity contribution < 1.29 is 9.53 Å². The zero-order chi connectivity index (χ0) is 22.1. The topological polar surface area (TPSA) is 51.2 Å². The van der Waals surface area contributed by atoms with Crippen LogP contribution in [0.25, 0.3) is 21.7 Å². The van der Waals surface area contributed by atoms with Gasteiger partial charge in [0.15, 0.2) is 0 Å². The van der Waals surface area contributed by atoms with Gasteiger partial charge in [0, 0.05) is 31.4 Å². The fourth-order valence-electron chi connectivity index (χ4n) is 3.51. The molecule has 1 N–H and O–H groups in total. The van der Waals surface area contributed by atoms with E-state index in [1.807, 2.05) is 84.9 Å². The summed E-state index contributed by atoms with van der Waals surface area (Å²) in [5.41, 5.74) is 2.15. The number of anilines is 1. The molecule has 6 heteroatoms. The van der Waals surface area contributed by atoms with Gasteiger partial charge in [0.25, 0.3) is 5.91 Å². The van der Waals surface area contributed by atoms with Crippen molar-refractivity contribution >= 4 is 67.5 Å². The highest BCUT2D eigenvalue weighted by Crippen LogP contribution is 2.32. The first-order valence-corrected chi connectivity index (χ1v) is 11.3. The highest BCUT2D eigenvalue weighted by Gasteiger charge is 2.09. The van der Waals surface area contributed by atoms with Crippen LogP contribution in [0.2, 0.25) is 5.02 Å². The summed E-state index contributed by atoms with van der Waals surface area (Å²) in [6.07, 6.45) is 1.70. The van der Waals surface area contributed by atoms with E-state index in [0.29, 0.717) is 22.1 Å². The summed E-state index contributed by atoms with van der Waals surface area (Å²) in [6, 6.07) is 26.5. The van der Waals surface area contributed by atoms with E-state index in [0.717, 1.165) is 30.9 Å². The van der Waals surface area contributed by atoms with E-state index in [9.17, 15) is 4.79 Å². The predicted molar refractivity (Wildman–Crippen MR) is 138 cm³/mol. The molecular formula is C26H16ClIN2O2. The number of hydrogen-bond acceptors (Lipinski definition) is 3. The van der Waals surface area contributed by atoms with Gasteiger partial charge in [0.2, 0.25) is 0 Å². The number of fused-ring (bicyclic) bond motifs is 2. The molecular weight excluding hydrogens is 535 g/mol. The van der Waals surface area contributed by atoms with Gasteiger partial charge in [-0.2, -0.15) is 0 Å². The van der Waals surface area contributed by atoms with Gasteiger partial charge in [-0.1, -0.05) is 29.8 Å². The number of amides is 1. The molecule has 0 aliphatic heterocycles. The van der Waals surface area contributed by atoms with Gasteiger partial charge in [-0.25, -0.2) is 0 Å². The Morgan fingerprint density at radius 2 is 1.75 bits per heavy atom. The molecule has 0 unspecified atom stereocenters. The molecule has 0 aliphatic rings. The van der Waals surface area contributed by atoms with Crippen LogP contribution in [0.3, 0.4) is 0 Å². The molecule has 5 aromatic rings. The van der Waals surface area contributed by atoms with Crippen molar-refractivity contribution in [3.05, 3.63) is 105 Å². The van der Waals surface area contributed by atoms with Crippen LogP contribution in [0.4, 0.5) is 5.69 Å². The first kappa shape index (κ1) is 20.7. The molecule has 1 heterocycles. The Kier molecular flexibility index (Phi) is 5.68. The van der Waals surface area contributed by atoms with Gasteiger partial charge < -0.3 is 10.1 Å². The quantitative estimate of drug-likeness (QED) is 0.233. The summed E-state index contributed by atoms with van der Waals surface area (Å²) in [7, 11) is 0. The number of halogens is 2. The van der Waals surface area contributed by atoms with E-state index in [4.69, 9.17) is 16.3 Å². The summed E-state index contributed by atoms with van der Waals surface area (Å²) in [5, 5.41) is 6.41. The molecule has 0 aliphatic carbocycles. The molecule has 0 radical (unpaired) electrons. The van der Waals surface area contributed by atoms with Crippen molar-refractivity contribution in [2.24, 2.45) is 0 Å². The van der Waals surface area contributed by atoms with Gasteiger partial charge in [-0.3, -0.25) is 9.78 Å². The first-order chi connectivity index (χ1) is 15.5. The van der Waals surface area contributed by atoms with Crippen molar-refractivity contribution in [1.82, 2.24) is 4.98 Å². The van der Waals surface area contributed by atoms with Gasteiger partial charge in [0.05, 0.1) is 5.52 Å². The number of ether oxygens (including phenoxy) is 1. The third-order valence-corrected chi connectivity index (χ3v) is 5.96. The number of benzene rings is 4. The smallest absolute Gasteiger partial charge is 0.255 e. The van der Waals surface area contributed by atoms with E-state index in [1.54, 1.807) is 6.20 Å². The van der Waals surface area contributed by atoms with Crippen molar-refractivity contribution in [2.75, 3.05) is 5.32 Å². The number of carbonyl (C=O) groups is 1. The lowest BCUT2D eigenvalue weighted by molar-refractivity contribution is 0.102. The molecule has 0 atom stereocenters. The van der Waals surface area contributed by atoms with Crippen LogP contribution in [0, 0.1) is 3.57 Å². The third kappa shape index (κ3) is 4.40. The lowest BCUT2D eigenvalue weighted by Gasteiger charge is -2.10. The minimum absolute atomic E-state index is 0.142. The highest BCUT2D eigenvalue weighted by atomic mass is 127. The molecule has 5 rings (SSSR count). The predicted octanol–water partition coefficient (Wildman–Crippen LogP) is 7.69. The summed E-state index contributed by atoms with van der Waals surface area (Å²) >= 11 is 8.30. The molecule has 4 nitrogen and oxygen atoms in total. The number of hydrogen-bond donors (Lipinski definition) is 1. The molecule has 0 spiro atoms. The lowest BCUT2D eigenvalue weighted by Crippen LogP contribution is -2.11. The molecule has 4 aromatic carbocycles. The Labute approximate surface area is 203 Å². The van der Waals surface area contributed by atoms with Gasteiger partial charge in [-0.15, -0.1) is 0 Å². The van der Waals surface area contributed by atoms with Crippen molar-refractivity contribution in [3.8, 4) is 11.5 Å². The molecule has 0 bridgehead atoms. The van der Waals surface area contributed by atoms with Crippen LogP contribution < -0.4 is 10.1 Å². The second-order valence-corrected chi connectivity index (χ2v) is 8.94. The maximum absolute atomic E-state index is 12.7. The minimum atomic E-state index is -0.142. The number of aromatic nitrogens is 1. The van der Waals surface area contributed by atoms with Gasteiger partial charge in [0.1, 0.15) is 11.5 Å². The SMILES string of the molecule is O=C(Nc1cccc(I)c1)c1ccc2cc(Oc3ccnc4cc(Cl)ccc34)ccc2c1. The number of nitrogens with zero attached hydrogens (tertiary/aromatic N) is 1. The number of nitrogens with one attached hydrogen (secondary N) is 1. The largest absolute Gasteiger partial charge is 0.457 e. The Bertz CT molecular complexity index is 1490. The van der Waals surface area contributed by atoms with Crippen molar-refractivity contribution in [2.45, 2.75) is 0 Å². The fraction of sp³-hybridized carbons (Fsp3) is 0. The maximum Gasteiger partial charge on any atom is 0.255 e. The first-order valence-electron chi connectivity index (χ1n) is 9.88. The van der Waals surface area contributed by atoms with Crippen LogP contribution in [0.1, 0.15) is 10.4 Å². The Balaban J connectivity index is 1.40. The van der Waals surface area contributed by atoms with Crippen LogP contribution >= 0.6 is 34.2 Å². The van der Waals surface area contributed by atoms with Crippen LogP contribution in [-0.4, -0.2) is 10.9 Å². The van der Waals surface area contributed by atoms with E-state index >= 15 is 0 Å². The van der Waals surface area contributed by atoms with Crippen LogP contribution in [-0.2, 0) is 0 Å². The Morgan fingerprint density at radius 3 is 2.62 bits per heavy atom. The fourth-order valence-corrected chi connectivity index (χ4v) is 4.22. The van der Waals surface area contributed by atoms with Crippen molar-refractivity contribution in [1.29, 1.82) is 0 Å².